The van der Waals surface area contributed by atoms with Crippen LogP contribution in [-0.2, 0) is 4.79 Å². The summed E-state index contributed by atoms with van der Waals surface area (Å²) in [5.74, 6) is -0.342. The maximum absolute atomic E-state index is 12.7. The van der Waals surface area contributed by atoms with Gasteiger partial charge in [0.1, 0.15) is 5.82 Å². The van der Waals surface area contributed by atoms with E-state index in [0.29, 0.717) is 0 Å². The van der Waals surface area contributed by atoms with Gasteiger partial charge in [0.25, 0.3) is 0 Å². The van der Waals surface area contributed by atoms with Crippen molar-refractivity contribution >= 4 is 5.91 Å². The molecule has 1 unspecified atom stereocenters. The van der Waals surface area contributed by atoms with Crippen molar-refractivity contribution in [2.75, 3.05) is 7.05 Å². The predicted octanol–water partition coefficient (Wildman–Crippen LogP) is 1.61. The van der Waals surface area contributed by atoms with E-state index in [9.17, 15) is 9.18 Å². The maximum Gasteiger partial charge on any atom is 0.237 e. The van der Waals surface area contributed by atoms with Crippen LogP contribution in [0.5, 0.6) is 0 Å². The van der Waals surface area contributed by atoms with Crippen molar-refractivity contribution in [1.82, 2.24) is 10.6 Å². The van der Waals surface area contributed by atoms with Crippen LogP contribution in [0.25, 0.3) is 0 Å². The molecule has 0 aliphatic carbocycles. The van der Waals surface area contributed by atoms with Crippen molar-refractivity contribution in [3.05, 3.63) is 35.6 Å². The van der Waals surface area contributed by atoms with Crippen molar-refractivity contribution in [1.29, 1.82) is 0 Å². The Bertz CT molecular complexity index is 351. The summed E-state index contributed by atoms with van der Waals surface area (Å²) >= 11 is 0. The molecule has 3 nitrogen and oxygen atoms in total. The zero-order chi connectivity index (χ0) is 12.1. The number of likely N-dealkylation sites (N-methyl/N-ethyl adjacent to an activating group) is 1. The molecule has 0 fully saturated rings. The zero-order valence-corrected chi connectivity index (χ0v) is 9.75. The van der Waals surface area contributed by atoms with Gasteiger partial charge in [0.15, 0.2) is 0 Å². The quantitative estimate of drug-likeness (QED) is 0.815. The van der Waals surface area contributed by atoms with Gasteiger partial charge in [0.2, 0.25) is 5.91 Å². The Balaban J connectivity index is 2.62. The van der Waals surface area contributed by atoms with Crippen molar-refractivity contribution in [3.63, 3.8) is 0 Å². The highest BCUT2D eigenvalue weighted by molar-refractivity contribution is 5.81. The first-order valence-electron chi connectivity index (χ1n) is 5.27. The molecular formula is C12H17FN2O. The summed E-state index contributed by atoms with van der Waals surface area (Å²) in [6.45, 7) is 3.65. The Hall–Kier alpha value is -1.42. The molecular weight excluding hydrogens is 207 g/mol. The first-order valence-corrected chi connectivity index (χ1v) is 5.27. The minimum absolute atomic E-state index is 0.0701. The van der Waals surface area contributed by atoms with Crippen LogP contribution in [0.3, 0.4) is 0 Å². The highest BCUT2D eigenvalue weighted by atomic mass is 19.1. The van der Waals surface area contributed by atoms with Gasteiger partial charge in [-0.05, 0) is 38.6 Å². The molecule has 0 saturated heterocycles. The summed E-state index contributed by atoms with van der Waals surface area (Å²) < 4.78 is 12.7. The van der Waals surface area contributed by atoms with Gasteiger partial charge in [0, 0.05) is 0 Å². The lowest BCUT2D eigenvalue weighted by atomic mass is 10.1. The Morgan fingerprint density at radius 3 is 2.31 bits per heavy atom. The average Bonchev–Trinajstić information content (AvgIpc) is 2.28. The van der Waals surface area contributed by atoms with Crippen LogP contribution in [0.15, 0.2) is 24.3 Å². The third-order valence-electron chi connectivity index (χ3n) is 2.56. The number of carbonyl (C=O) groups excluding carboxylic acids is 1. The molecule has 1 aromatic rings. The number of benzene rings is 1. The first-order chi connectivity index (χ1) is 7.54. The third kappa shape index (κ3) is 3.31. The molecule has 16 heavy (non-hydrogen) atoms. The standard InChI is InChI=1S/C12H17FN2O/c1-8(15-12(16)9(2)14-3)10-4-6-11(13)7-5-10/h4-9,14H,1-3H3,(H,15,16)/t8-,9?/m0/s1. The molecule has 88 valence electrons. The van der Waals surface area contributed by atoms with Gasteiger partial charge in [-0.2, -0.15) is 0 Å². The van der Waals surface area contributed by atoms with Gasteiger partial charge in [-0.1, -0.05) is 12.1 Å². The molecule has 0 saturated carbocycles. The molecule has 2 atom stereocenters. The smallest absolute Gasteiger partial charge is 0.237 e. The topological polar surface area (TPSA) is 41.1 Å². The Kier molecular flexibility index (Phi) is 4.43. The van der Waals surface area contributed by atoms with E-state index < -0.39 is 0 Å². The fourth-order valence-corrected chi connectivity index (χ4v) is 1.30. The summed E-state index contributed by atoms with van der Waals surface area (Å²) in [6, 6.07) is 5.76. The number of rotatable bonds is 4. The van der Waals surface area contributed by atoms with Gasteiger partial charge in [-0.25, -0.2) is 4.39 Å². The fraction of sp³-hybridized carbons (Fsp3) is 0.417. The number of carbonyl (C=O) groups is 1. The highest BCUT2D eigenvalue weighted by Crippen LogP contribution is 2.12. The van der Waals surface area contributed by atoms with Crippen LogP contribution in [0.1, 0.15) is 25.5 Å². The molecule has 2 N–H and O–H groups in total. The lowest BCUT2D eigenvalue weighted by Gasteiger charge is -2.17. The second-order valence-corrected chi connectivity index (χ2v) is 3.79. The normalized spacial score (nSPS) is 14.2. The van der Waals surface area contributed by atoms with E-state index >= 15 is 0 Å². The maximum atomic E-state index is 12.7. The number of halogens is 1. The molecule has 1 rings (SSSR count). The van der Waals surface area contributed by atoms with Gasteiger partial charge in [0.05, 0.1) is 12.1 Å². The highest BCUT2D eigenvalue weighted by Gasteiger charge is 2.14. The van der Waals surface area contributed by atoms with Crippen molar-refractivity contribution in [2.24, 2.45) is 0 Å². The van der Waals surface area contributed by atoms with Crippen molar-refractivity contribution in [2.45, 2.75) is 25.9 Å². The van der Waals surface area contributed by atoms with E-state index in [2.05, 4.69) is 10.6 Å². The van der Waals surface area contributed by atoms with E-state index in [0.717, 1.165) is 5.56 Å². The zero-order valence-electron chi connectivity index (χ0n) is 9.75. The third-order valence-corrected chi connectivity index (χ3v) is 2.56. The number of hydrogen-bond donors (Lipinski definition) is 2. The van der Waals surface area contributed by atoms with Crippen LogP contribution >= 0.6 is 0 Å². The van der Waals surface area contributed by atoms with Crippen LogP contribution in [-0.4, -0.2) is 19.0 Å². The van der Waals surface area contributed by atoms with Crippen LogP contribution in [0.2, 0.25) is 0 Å². The molecule has 0 aliphatic heterocycles. The summed E-state index contributed by atoms with van der Waals surface area (Å²) in [4.78, 5) is 11.6. The lowest BCUT2D eigenvalue weighted by molar-refractivity contribution is -0.123. The number of hydrogen-bond acceptors (Lipinski definition) is 2. The Labute approximate surface area is 95.0 Å². The van der Waals surface area contributed by atoms with E-state index in [1.165, 1.54) is 12.1 Å². The lowest BCUT2D eigenvalue weighted by Crippen LogP contribution is -2.41. The van der Waals surface area contributed by atoms with Crippen LogP contribution in [0, 0.1) is 5.82 Å². The van der Waals surface area contributed by atoms with E-state index in [4.69, 9.17) is 0 Å². The monoisotopic (exact) mass is 224 g/mol. The molecule has 0 heterocycles. The van der Waals surface area contributed by atoms with Gasteiger partial charge < -0.3 is 10.6 Å². The summed E-state index contributed by atoms with van der Waals surface area (Å²) in [6.07, 6.45) is 0. The molecule has 1 amide bonds. The predicted molar refractivity (Wildman–Crippen MR) is 61.5 cm³/mol. The summed E-state index contributed by atoms with van der Waals surface area (Å²) in [5, 5.41) is 5.70. The molecule has 0 spiro atoms. The van der Waals surface area contributed by atoms with Crippen LogP contribution in [0.4, 0.5) is 4.39 Å². The second kappa shape index (κ2) is 5.61. The minimum atomic E-state index is -0.272. The van der Waals surface area contributed by atoms with E-state index in [-0.39, 0.29) is 23.8 Å². The van der Waals surface area contributed by atoms with Crippen LogP contribution < -0.4 is 10.6 Å². The minimum Gasteiger partial charge on any atom is -0.348 e. The Morgan fingerprint density at radius 2 is 1.81 bits per heavy atom. The largest absolute Gasteiger partial charge is 0.348 e. The molecule has 0 radical (unpaired) electrons. The van der Waals surface area contributed by atoms with Gasteiger partial charge in [-0.15, -0.1) is 0 Å². The SMILES string of the molecule is CNC(C)C(=O)N[C@@H](C)c1ccc(F)cc1. The molecule has 1 aromatic carbocycles. The second-order valence-electron chi connectivity index (χ2n) is 3.79. The molecule has 0 bridgehead atoms. The average molecular weight is 224 g/mol. The number of nitrogens with one attached hydrogen (secondary N) is 2. The molecule has 0 aliphatic rings. The van der Waals surface area contributed by atoms with E-state index in [1.807, 2.05) is 6.92 Å². The number of amides is 1. The summed E-state index contributed by atoms with van der Waals surface area (Å²) in [5.41, 5.74) is 0.887. The van der Waals surface area contributed by atoms with Crippen molar-refractivity contribution in [3.8, 4) is 0 Å². The Morgan fingerprint density at radius 1 is 1.25 bits per heavy atom. The molecule has 0 aromatic heterocycles. The first kappa shape index (κ1) is 12.6. The summed E-state index contributed by atoms with van der Waals surface area (Å²) in [7, 11) is 1.73. The van der Waals surface area contributed by atoms with E-state index in [1.54, 1.807) is 26.1 Å². The molecule has 4 heteroatoms. The fourth-order valence-electron chi connectivity index (χ4n) is 1.30. The van der Waals surface area contributed by atoms with Crippen molar-refractivity contribution < 1.29 is 9.18 Å². The van der Waals surface area contributed by atoms with Gasteiger partial charge in [-0.3, -0.25) is 4.79 Å². The van der Waals surface area contributed by atoms with Gasteiger partial charge >= 0.3 is 0 Å².